The smallest absolute Gasteiger partial charge is 0.200 e. The molecule has 0 fully saturated rings. The monoisotopic (exact) mass is 293 g/mol. The molecule has 0 atom stereocenters. The first-order valence-electron chi connectivity index (χ1n) is 6.44. The molecule has 0 aliphatic heterocycles. The highest BCUT2D eigenvalue weighted by Gasteiger charge is 2.11. The van der Waals surface area contributed by atoms with Crippen LogP contribution in [0.2, 0.25) is 0 Å². The van der Waals surface area contributed by atoms with Crippen LogP contribution in [-0.4, -0.2) is 19.6 Å². The van der Waals surface area contributed by atoms with E-state index in [2.05, 4.69) is 15.2 Å². The molecule has 0 unspecified atom stereocenters. The summed E-state index contributed by atoms with van der Waals surface area (Å²) in [6.07, 6.45) is 3.71. The molecule has 0 aliphatic rings. The molecule has 0 bridgehead atoms. The second-order valence-electron chi connectivity index (χ2n) is 4.56. The Hall–Kier alpha value is -2.60. The lowest BCUT2D eigenvalue weighted by Crippen LogP contribution is -1.93. The van der Waals surface area contributed by atoms with E-state index < -0.39 is 0 Å². The molecule has 2 N–H and O–H groups in total. The second kappa shape index (κ2) is 4.75. The molecule has 0 spiro atoms. The number of aromatic nitrogens is 4. The summed E-state index contributed by atoms with van der Waals surface area (Å²) in [5, 5.41) is 10.1. The predicted octanol–water partition coefficient (Wildman–Crippen LogP) is 3.01. The van der Waals surface area contributed by atoms with E-state index in [-0.39, 0.29) is 0 Å². The molecular weight excluding hydrogens is 282 g/mol. The summed E-state index contributed by atoms with van der Waals surface area (Å²) in [7, 11) is 0. The van der Waals surface area contributed by atoms with E-state index in [1.165, 1.54) is 11.8 Å². The van der Waals surface area contributed by atoms with Crippen LogP contribution in [-0.2, 0) is 0 Å². The van der Waals surface area contributed by atoms with Crippen molar-refractivity contribution >= 4 is 34.0 Å². The quantitative estimate of drug-likeness (QED) is 0.575. The molecule has 0 saturated heterocycles. The van der Waals surface area contributed by atoms with E-state index in [0.717, 1.165) is 32.3 Å². The number of hydrogen-bond acceptors (Lipinski definition) is 5. The molecular formula is C15H11N5S. The van der Waals surface area contributed by atoms with Crippen molar-refractivity contribution in [3.8, 4) is 0 Å². The third-order valence-corrected chi connectivity index (χ3v) is 4.31. The average Bonchev–Trinajstić information content (AvgIpc) is 2.94. The van der Waals surface area contributed by atoms with Gasteiger partial charge in [0.05, 0.1) is 11.2 Å². The van der Waals surface area contributed by atoms with Crippen molar-refractivity contribution in [2.75, 3.05) is 5.73 Å². The van der Waals surface area contributed by atoms with Gasteiger partial charge in [-0.1, -0.05) is 6.07 Å². The van der Waals surface area contributed by atoms with Gasteiger partial charge >= 0.3 is 0 Å². The highest BCUT2D eigenvalue weighted by Crippen LogP contribution is 2.34. The number of nitrogens with zero attached hydrogens (tertiary/aromatic N) is 4. The maximum absolute atomic E-state index is 6.26. The standard InChI is InChI=1S/C15H11N5S/c16-14-10-4-3-8-17-11(10)6-7-12(14)21-15-19-18-13-5-1-2-9-20(13)15/h1-9H,16H2. The van der Waals surface area contributed by atoms with E-state index >= 15 is 0 Å². The van der Waals surface area contributed by atoms with E-state index in [1.807, 2.05) is 53.1 Å². The van der Waals surface area contributed by atoms with Gasteiger partial charge in [0.2, 0.25) is 5.16 Å². The van der Waals surface area contributed by atoms with Gasteiger partial charge in [-0.3, -0.25) is 9.38 Å². The summed E-state index contributed by atoms with van der Waals surface area (Å²) < 4.78 is 1.94. The first kappa shape index (κ1) is 12.2. The summed E-state index contributed by atoms with van der Waals surface area (Å²) in [6, 6.07) is 13.6. The molecule has 3 heterocycles. The normalized spacial score (nSPS) is 11.2. The van der Waals surface area contributed by atoms with Crippen LogP contribution in [0, 0.1) is 0 Å². The Bertz CT molecular complexity index is 947. The fourth-order valence-corrected chi connectivity index (χ4v) is 3.12. The van der Waals surface area contributed by atoms with E-state index in [9.17, 15) is 0 Å². The van der Waals surface area contributed by atoms with Crippen LogP contribution in [0.5, 0.6) is 0 Å². The fourth-order valence-electron chi connectivity index (χ4n) is 2.23. The number of pyridine rings is 2. The zero-order chi connectivity index (χ0) is 14.2. The number of hydrogen-bond donors (Lipinski definition) is 1. The van der Waals surface area contributed by atoms with Crippen molar-refractivity contribution in [2.24, 2.45) is 0 Å². The lowest BCUT2D eigenvalue weighted by Gasteiger charge is -2.07. The molecule has 6 heteroatoms. The SMILES string of the molecule is Nc1c(Sc2nnc3ccccn23)ccc2ncccc12. The molecule has 5 nitrogen and oxygen atoms in total. The third kappa shape index (κ3) is 2.00. The van der Waals surface area contributed by atoms with Crippen LogP contribution in [0.1, 0.15) is 0 Å². The van der Waals surface area contributed by atoms with Crippen molar-refractivity contribution in [1.82, 2.24) is 19.6 Å². The summed E-state index contributed by atoms with van der Waals surface area (Å²) in [6.45, 7) is 0. The minimum Gasteiger partial charge on any atom is -0.397 e. The predicted molar refractivity (Wildman–Crippen MR) is 83.3 cm³/mol. The van der Waals surface area contributed by atoms with Crippen molar-refractivity contribution < 1.29 is 0 Å². The number of fused-ring (bicyclic) bond motifs is 2. The van der Waals surface area contributed by atoms with Crippen LogP contribution < -0.4 is 5.73 Å². The molecule has 4 aromatic rings. The zero-order valence-corrected chi connectivity index (χ0v) is 11.8. The number of anilines is 1. The summed E-state index contributed by atoms with van der Waals surface area (Å²) in [4.78, 5) is 5.26. The van der Waals surface area contributed by atoms with Crippen LogP contribution in [0.15, 0.2) is 64.9 Å². The molecule has 102 valence electrons. The number of rotatable bonds is 2. The fraction of sp³-hybridized carbons (Fsp3) is 0. The number of benzene rings is 1. The van der Waals surface area contributed by atoms with Crippen molar-refractivity contribution in [3.63, 3.8) is 0 Å². The largest absolute Gasteiger partial charge is 0.397 e. The van der Waals surface area contributed by atoms with E-state index in [4.69, 9.17) is 5.73 Å². The van der Waals surface area contributed by atoms with Crippen molar-refractivity contribution in [1.29, 1.82) is 0 Å². The van der Waals surface area contributed by atoms with Gasteiger partial charge in [-0.05, 0) is 48.2 Å². The first-order valence-corrected chi connectivity index (χ1v) is 7.25. The molecule has 0 amide bonds. The second-order valence-corrected chi connectivity index (χ2v) is 5.57. The molecule has 21 heavy (non-hydrogen) atoms. The topological polar surface area (TPSA) is 69.1 Å². The Morgan fingerprint density at radius 1 is 1.00 bits per heavy atom. The highest BCUT2D eigenvalue weighted by atomic mass is 32.2. The maximum atomic E-state index is 6.26. The average molecular weight is 293 g/mol. The maximum Gasteiger partial charge on any atom is 0.200 e. The van der Waals surface area contributed by atoms with E-state index in [0.29, 0.717) is 0 Å². The molecule has 0 aliphatic carbocycles. The Balaban J connectivity index is 1.82. The molecule has 0 saturated carbocycles. The van der Waals surface area contributed by atoms with Gasteiger partial charge in [0.1, 0.15) is 0 Å². The Morgan fingerprint density at radius 3 is 2.90 bits per heavy atom. The summed E-state index contributed by atoms with van der Waals surface area (Å²) in [5.41, 5.74) is 8.70. The van der Waals surface area contributed by atoms with Crippen LogP contribution in [0.4, 0.5) is 5.69 Å². The molecule has 3 aromatic heterocycles. The van der Waals surface area contributed by atoms with Crippen molar-refractivity contribution in [2.45, 2.75) is 10.1 Å². The first-order chi connectivity index (χ1) is 10.3. The summed E-state index contributed by atoms with van der Waals surface area (Å²) >= 11 is 1.50. The molecule has 4 rings (SSSR count). The van der Waals surface area contributed by atoms with Gasteiger partial charge in [-0.2, -0.15) is 0 Å². The van der Waals surface area contributed by atoms with Crippen LogP contribution in [0.3, 0.4) is 0 Å². The Labute approximate surface area is 124 Å². The lowest BCUT2D eigenvalue weighted by atomic mass is 10.2. The number of nitrogens with two attached hydrogens (primary N) is 1. The van der Waals surface area contributed by atoms with Gasteiger partial charge in [0.25, 0.3) is 0 Å². The third-order valence-electron chi connectivity index (χ3n) is 3.27. The van der Waals surface area contributed by atoms with Gasteiger partial charge in [0.15, 0.2) is 5.65 Å². The highest BCUT2D eigenvalue weighted by molar-refractivity contribution is 7.99. The van der Waals surface area contributed by atoms with Gasteiger partial charge in [-0.15, -0.1) is 10.2 Å². The molecule has 0 radical (unpaired) electrons. The Morgan fingerprint density at radius 2 is 1.95 bits per heavy atom. The van der Waals surface area contributed by atoms with Crippen molar-refractivity contribution in [3.05, 3.63) is 54.9 Å². The minimum absolute atomic E-state index is 0.721. The number of nitrogen functional groups attached to an aromatic ring is 1. The van der Waals surface area contributed by atoms with Gasteiger partial charge in [-0.25, -0.2) is 0 Å². The summed E-state index contributed by atoms with van der Waals surface area (Å²) in [5.74, 6) is 0. The van der Waals surface area contributed by atoms with Crippen LogP contribution in [0.25, 0.3) is 16.6 Å². The van der Waals surface area contributed by atoms with Gasteiger partial charge in [0, 0.05) is 22.7 Å². The lowest BCUT2D eigenvalue weighted by molar-refractivity contribution is 0.922. The van der Waals surface area contributed by atoms with Crippen LogP contribution >= 0.6 is 11.8 Å². The molecule has 1 aromatic carbocycles. The minimum atomic E-state index is 0.721. The zero-order valence-electron chi connectivity index (χ0n) is 11.0. The van der Waals surface area contributed by atoms with Gasteiger partial charge < -0.3 is 5.73 Å². The van der Waals surface area contributed by atoms with E-state index in [1.54, 1.807) is 6.20 Å². The Kier molecular flexibility index (Phi) is 2.75.